The summed E-state index contributed by atoms with van der Waals surface area (Å²) in [6, 6.07) is 14.4. The third kappa shape index (κ3) is 3.79. The number of aromatic amines is 1. The number of aromatic nitrogens is 1. The van der Waals surface area contributed by atoms with E-state index in [4.69, 9.17) is 0 Å². The molecular weight excluding hydrogens is 563 g/mol. The van der Waals surface area contributed by atoms with E-state index >= 15 is 0 Å². The number of carbonyl (C=O) groups is 3. The number of nitrogens with one attached hydrogen (secondary N) is 2. The van der Waals surface area contributed by atoms with E-state index in [1.54, 1.807) is 11.8 Å². The van der Waals surface area contributed by atoms with Gasteiger partial charge >= 0.3 is 11.0 Å². The van der Waals surface area contributed by atoms with E-state index < -0.39 is 53.5 Å². The number of benzene rings is 2. The van der Waals surface area contributed by atoms with E-state index in [9.17, 15) is 32.3 Å². The van der Waals surface area contributed by atoms with Gasteiger partial charge in [0.25, 0.3) is 0 Å². The predicted molar refractivity (Wildman–Crippen MR) is 142 cm³/mol. The molecule has 206 valence electrons. The van der Waals surface area contributed by atoms with E-state index in [-0.39, 0.29) is 33.8 Å². The highest BCUT2D eigenvalue weighted by Crippen LogP contribution is 2.68. The molecule has 12 heteroatoms. The van der Waals surface area contributed by atoms with Crippen LogP contribution in [-0.4, -0.2) is 39.4 Å². The van der Waals surface area contributed by atoms with Crippen LogP contribution in [-0.2, 0) is 20.6 Å². The van der Waals surface area contributed by atoms with Crippen molar-refractivity contribution in [1.82, 2.24) is 9.88 Å². The minimum absolute atomic E-state index is 0.0124. The maximum atomic E-state index is 13.7. The van der Waals surface area contributed by atoms with Crippen LogP contribution in [0.4, 0.5) is 18.9 Å². The Labute approximate surface area is 234 Å². The summed E-state index contributed by atoms with van der Waals surface area (Å²) in [5.41, 5.74) is -0.377. The van der Waals surface area contributed by atoms with E-state index in [0.717, 1.165) is 32.5 Å². The number of para-hydroxylation sites is 1. The number of imide groups is 1. The number of nitrogens with zero attached hydrogens (tertiary/aromatic N) is 1. The van der Waals surface area contributed by atoms with Gasteiger partial charge in [-0.1, -0.05) is 53.8 Å². The second-order valence-corrected chi connectivity index (χ2v) is 12.9. The number of rotatable bonds is 4. The van der Waals surface area contributed by atoms with Crippen molar-refractivity contribution in [3.8, 4) is 0 Å². The molecule has 7 atom stereocenters. The van der Waals surface area contributed by atoms with Gasteiger partial charge in [-0.05, 0) is 41.9 Å². The van der Waals surface area contributed by atoms with Crippen molar-refractivity contribution in [3.05, 3.63) is 80.3 Å². The van der Waals surface area contributed by atoms with Crippen LogP contribution < -0.4 is 10.2 Å². The summed E-state index contributed by atoms with van der Waals surface area (Å²) < 4.78 is 40.1. The van der Waals surface area contributed by atoms with Gasteiger partial charge in [0.1, 0.15) is 6.54 Å². The Balaban J connectivity index is 1.17. The van der Waals surface area contributed by atoms with Gasteiger partial charge in [0.2, 0.25) is 17.7 Å². The number of fused-ring (bicyclic) bond motifs is 9. The number of hydrogen-bond donors (Lipinski definition) is 2. The molecule has 2 aliphatic carbocycles. The van der Waals surface area contributed by atoms with E-state index in [0.29, 0.717) is 6.42 Å². The summed E-state index contributed by atoms with van der Waals surface area (Å²) >= 11 is 2.75. The Morgan fingerprint density at radius 1 is 0.975 bits per heavy atom. The summed E-state index contributed by atoms with van der Waals surface area (Å²) in [5, 5.41) is 3.06. The number of thiazole rings is 1. The third-order valence-corrected chi connectivity index (χ3v) is 11.4. The van der Waals surface area contributed by atoms with Gasteiger partial charge in [-0.2, -0.15) is 13.2 Å². The Kier molecular flexibility index (Phi) is 5.80. The average Bonchev–Trinajstić information content (AvgIpc) is 3.65. The van der Waals surface area contributed by atoms with Crippen molar-refractivity contribution >= 4 is 46.5 Å². The lowest BCUT2D eigenvalue weighted by Crippen LogP contribution is -2.42. The van der Waals surface area contributed by atoms with Gasteiger partial charge < -0.3 is 10.3 Å². The maximum absolute atomic E-state index is 13.7. The van der Waals surface area contributed by atoms with Crippen molar-refractivity contribution in [2.75, 3.05) is 11.9 Å². The van der Waals surface area contributed by atoms with E-state index in [1.807, 2.05) is 30.3 Å². The van der Waals surface area contributed by atoms with Gasteiger partial charge in [-0.15, -0.1) is 11.8 Å². The Morgan fingerprint density at radius 2 is 1.65 bits per heavy atom. The van der Waals surface area contributed by atoms with Crippen molar-refractivity contribution < 1.29 is 27.6 Å². The average molecular weight is 586 g/mol. The lowest BCUT2D eigenvalue weighted by atomic mass is 9.68. The second kappa shape index (κ2) is 9.07. The molecule has 2 aliphatic heterocycles. The van der Waals surface area contributed by atoms with Crippen LogP contribution in [0.3, 0.4) is 0 Å². The van der Waals surface area contributed by atoms with Gasteiger partial charge in [0.15, 0.2) is 0 Å². The molecule has 2 aromatic carbocycles. The number of thioether (sulfide) groups is 1. The van der Waals surface area contributed by atoms with Crippen molar-refractivity contribution in [1.29, 1.82) is 0 Å². The normalized spacial score (nSPS) is 30.3. The summed E-state index contributed by atoms with van der Waals surface area (Å²) in [6.45, 7) is -0.637. The van der Waals surface area contributed by atoms with Crippen LogP contribution in [0.15, 0.2) is 64.4 Å². The molecule has 0 radical (unpaired) electrons. The summed E-state index contributed by atoms with van der Waals surface area (Å²) in [5.74, 6) is -3.20. The van der Waals surface area contributed by atoms with Crippen molar-refractivity contribution in [2.24, 2.45) is 29.6 Å². The molecule has 1 saturated heterocycles. The fourth-order valence-corrected chi connectivity index (χ4v) is 10.3. The zero-order valence-corrected chi connectivity index (χ0v) is 22.3. The summed E-state index contributed by atoms with van der Waals surface area (Å²) in [4.78, 5) is 57.0. The molecule has 3 fully saturated rings. The number of likely N-dealkylation sites (tertiary alicyclic amines) is 1. The summed E-state index contributed by atoms with van der Waals surface area (Å²) in [6.07, 6.45) is -3.97. The molecule has 6 unspecified atom stereocenters. The van der Waals surface area contributed by atoms with Crippen LogP contribution in [0.2, 0.25) is 0 Å². The third-order valence-electron chi connectivity index (χ3n) is 8.78. The van der Waals surface area contributed by atoms with E-state index in [1.165, 1.54) is 23.5 Å². The minimum atomic E-state index is -4.67. The lowest BCUT2D eigenvalue weighted by Gasteiger charge is -2.43. The van der Waals surface area contributed by atoms with Crippen LogP contribution in [0.5, 0.6) is 0 Å². The standard InChI is InChI=1S/C28H22F3N3O4S2/c29-28(30,31)15-8-4-5-9-16(15)32-17(35)11-34-25(36)20-13-10-14(21(20)26(34)37)22-19(13)18(12-6-2-1-3-7-12)23-24(39-22)33-27(38)40-23/h1-9,13-14,18-22H,10-11H2,(H,32,35)(H,33,38)/t13?,14?,18-,19?,20?,21?,22?/m1/s1. The molecule has 3 heterocycles. The molecule has 7 rings (SSSR count). The molecule has 3 aromatic rings. The van der Waals surface area contributed by atoms with Gasteiger partial charge in [-0.3, -0.25) is 24.1 Å². The Hall–Kier alpha value is -3.38. The number of anilines is 1. The van der Waals surface area contributed by atoms with Crippen LogP contribution in [0.1, 0.15) is 28.3 Å². The van der Waals surface area contributed by atoms with E-state index in [2.05, 4.69) is 10.3 Å². The molecule has 3 amide bonds. The largest absolute Gasteiger partial charge is 0.418 e. The molecule has 2 bridgehead atoms. The minimum Gasteiger partial charge on any atom is -0.324 e. The smallest absolute Gasteiger partial charge is 0.324 e. The van der Waals surface area contributed by atoms with Crippen LogP contribution >= 0.6 is 23.1 Å². The first-order valence-electron chi connectivity index (χ1n) is 12.9. The fraction of sp³-hybridized carbons (Fsp3) is 0.357. The molecule has 2 saturated carbocycles. The molecule has 2 N–H and O–H groups in total. The molecule has 1 aromatic heterocycles. The van der Waals surface area contributed by atoms with Crippen LogP contribution in [0.25, 0.3) is 0 Å². The van der Waals surface area contributed by atoms with Gasteiger partial charge in [0.05, 0.1) is 28.1 Å². The lowest BCUT2D eigenvalue weighted by molar-refractivity contribution is -0.143. The maximum Gasteiger partial charge on any atom is 0.418 e. The topological polar surface area (TPSA) is 99.3 Å². The molecule has 40 heavy (non-hydrogen) atoms. The molecule has 4 aliphatic rings. The molecule has 0 spiro atoms. The number of carbonyl (C=O) groups excluding carboxylic acids is 3. The fourth-order valence-electron chi connectivity index (χ4n) is 7.44. The SMILES string of the molecule is O=C(CN1C(=O)C2C3CC(C2C1=O)C1C3Sc2[nH]c(=O)sc2[C@@H]1c1ccccc1)Nc1ccccc1C(F)(F)F. The number of amides is 3. The monoisotopic (exact) mass is 585 g/mol. The number of hydrogen-bond acceptors (Lipinski definition) is 6. The van der Waals surface area contributed by atoms with Crippen LogP contribution in [0, 0.1) is 29.6 Å². The first kappa shape index (κ1) is 25.6. The number of alkyl halides is 3. The van der Waals surface area contributed by atoms with Gasteiger partial charge in [0, 0.05) is 16.0 Å². The number of halogens is 3. The number of H-pyrrole nitrogens is 1. The molecule has 7 nitrogen and oxygen atoms in total. The highest BCUT2D eigenvalue weighted by Gasteiger charge is 2.69. The highest BCUT2D eigenvalue weighted by molar-refractivity contribution is 8.00. The zero-order valence-electron chi connectivity index (χ0n) is 20.7. The van der Waals surface area contributed by atoms with Crippen molar-refractivity contribution in [2.45, 2.75) is 28.8 Å². The summed E-state index contributed by atoms with van der Waals surface area (Å²) in [7, 11) is 0. The second-order valence-electron chi connectivity index (χ2n) is 10.7. The van der Waals surface area contributed by atoms with Crippen molar-refractivity contribution in [3.63, 3.8) is 0 Å². The first-order valence-corrected chi connectivity index (χ1v) is 14.6. The molecular formula is C28H22F3N3O4S2. The Bertz CT molecular complexity index is 1600. The highest BCUT2D eigenvalue weighted by atomic mass is 32.2. The van der Waals surface area contributed by atoms with Gasteiger partial charge in [-0.25, -0.2) is 0 Å². The Morgan fingerprint density at radius 3 is 2.38 bits per heavy atom. The zero-order chi connectivity index (χ0) is 27.9. The first-order chi connectivity index (χ1) is 19.1. The predicted octanol–water partition coefficient (Wildman–Crippen LogP) is 4.57. The quantitative estimate of drug-likeness (QED) is 0.438.